The molecular formula is C5H7BrN2OS. The van der Waals surface area contributed by atoms with Gasteiger partial charge in [-0.1, -0.05) is 0 Å². The molecule has 0 aromatic carbocycles. The van der Waals surface area contributed by atoms with Crippen LogP contribution in [0.2, 0.25) is 0 Å². The highest BCUT2D eigenvalue weighted by atomic mass is 79.9. The summed E-state index contributed by atoms with van der Waals surface area (Å²) in [5.74, 6) is 0. The van der Waals surface area contributed by atoms with Crippen LogP contribution in [0.1, 0.15) is 0 Å². The summed E-state index contributed by atoms with van der Waals surface area (Å²) in [6, 6.07) is 0. The summed E-state index contributed by atoms with van der Waals surface area (Å²) in [6.07, 6.45) is 3.24. The van der Waals surface area contributed by atoms with Gasteiger partial charge in [-0.05, 0) is 15.9 Å². The molecule has 0 bridgehead atoms. The van der Waals surface area contributed by atoms with Crippen molar-refractivity contribution in [3.8, 4) is 0 Å². The van der Waals surface area contributed by atoms with Crippen LogP contribution in [0.3, 0.4) is 0 Å². The molecule has 0 aliphatic heterocycles. The first-order valence-corrected chi connectivity index (χ1v) is 4.98. The summed E-state index contributed by atoms with van der Waals surface area (Å²) >= 11 is 3.25. The average molecular weight is 223 g/mol. The van der Waals surface area contributed by atoms with E-state index in [0.717, 1.165) is 4.60 Å². The monoisotopic (exact) mass is 222 g/mol. The molecule has 5 heteroatoms. The van der Waals surface area contributed by atoms with E-state index in [2.05, 4.69) is 20.9 Å². The first-order chi connectivity index (χ1) is 4.63. The minimum atomic E-state index is -0.998. The predicted octanol–water partition coefficient (Wildman–Crippen LogP) is 0.920. The molecule has 0 saturated carbocycles. The van der Waals surface area contributed by atoms with Gasteiger partial charge < -0.3 is 4.57 Å². The van der Waals surface area contributed by atoms with Crippen molar-refractivity contribution in [1.29, 1.82) is 0 Å². The van der Waals surface area contributed by atoms with E-state index in [4.69, 9.17) is 0 Å². The summed E-state index contributed by atoms with van der Waals surface area (Å²) in [7, 11) is 0.815. The van der Waals surface area contributed by atoms with Crippen LogP contribution in [0.15, 0.2) is 16.0 Å². The van der Waals surface area contributed by atoms with E-state index in [1.165, 1.54) is 0 Å². The normalized spacial score (nSPS) is 13.5. The van der Waals surface area contributed by atoms with E-state index in [-0.39, 0.29) is 0 Å². The Morgan fingerprint density at radius 3 is 2.60 bits per heavy atom. The van der Waals surface area contributed by atoms with Crippen LogP contribution in [-0.2, 0) is 17.8 Å². The highest BCUT2D eigenvalue weighted by molar-refractivity contribution is 9.10. The Hall–Kier alpha value is -0.160. The quantitative estimate of drug-likeness (QED) is 0.709. The molecule has 0 amide bonds. The number of rotatable bonds is 1. The van der Waals surface area contributed by atoms with E-state index in [0.29, 0.717) is 5.16 Å². The van der Waals surface area contributed by atoms with E-state index >= 15 is 0 Å². The number of hydrogen-bond acceptors (Lipinski definition) is 2. The van der Waals surface area contributed by atoms with Crippen LogP contribution >= 0.6 is 15.9 Å². The first-order valence-electron chi connectivity index (χ1n) is 2.63. The summed E-state index contributed by atoms with van der Waals surface area (Å²) < 4.78 is 13.5. The molecule has 1 heterocycles. The fourth-order valence-electron chi connectivity index (χ4n) is 0.640. The van der Waals surface area contributed by atoms with E-state index < -0.39 is 10.8 Å². The zero-order chi connectivity index (χ0) is 7.72. The number of aromatic nitrogens is 2. The topological polar surface area (TPSA) is 34.9 Å². The molecule has 1 aromatic rings. The van der Waals surface area contributed by atoms with Crippen molar-refractivity contribution in [2.75, 3.05) is 6.26 Å². The summed E-state index contributed by atoms with van der Waals surface area (Å²) in [6.45, 7) is 0. The van der Waals surface area contributed by atoms with Crippen molar-refractivity contribution in [3.05, 3.63) is 10.8 Å². The molecule has 0 aliphatic rings. The Kier molecular flexibility index (Phi) is 2.25. The second-order valence-electron chi connectivity index (χ2n) is 1.88. The third-order valence-electron chi connectivity index (χ3n) is 1.15. The Morgan fingerprint density at radius 2 is 2.40 bits per heavy atom. The van der Waals surface area contributed by atoms with Crippen LogP contribution in [-0.4, -0.2) is 20.0 Å². The number of imidazole rings is 1. The summed E-state index contributed by atoms with van der Waals surface area (Å²) in [4.78, 5) is 3.93. The molecule has 1 aromatic heterocycles. The van der Waals surface area contributed by atoms with Crippen molar-refractivity contribution in [2.24, 2.45) is 7.05 Å². The fourth-order valence-corrected chi connectivity index (χ4v) is 1.71. The summed E-state index contributed by atoms with van der Waals surface area (Å²) in [5.41, 5.74) is 0. The molecular weight excluding hydrogens is 216 g/mol. The fraction of sp³-hybridized carbons (Fsp3) is 0.400. The van der Waals surface area contributed by atoms with Crippen molar-refractivity contribution in [1.82, 2.24) is 9.55 Å². The van der Waals surface area contributed by atoms with E-state index in [9.17, 15) is 4.21 Å². The van der Waals surface area contributed by atoms with Crippen LogP contribution in [0, 0.1) is 0 Å². The second-order valence-corrected chi connectivity index (χ2v) is 3.96. The molecule has 1 atom stereocenters. The van der Waals surface area contributed by atoms with E-state index in [1.807, 2.05) is 7.05 Å². The van der Waals surface area contributed by atoms with Crippen molar-refractivity contribution >= 4 is 26.7 Å². The maximum absolute atomic E-state index is 10.9. The van der Waals surface area contributed by atoms with Gasteiger partial charge in [0.15, 0.2) is 5.16 Å². The van der Waals surface area contributed by atoms with Gasteiger partial charge in [0.1, 0.15) is 4.60 Å². The minimum absolute atomic E-state index is 0.590. The first kappa shape index (κ1) is 7.94. The average Bonchev–Trinajstić information content (AvgIpc) is 2.14. The number of hydrogen-bond donors (Lipinski definition) is 0. The van der Waals surface area contributed by atoms with Crippen LogP contribution in [0.4, 0.5) is 0 Å². The number of halogens is 1. The van der Waals surface area contributed by atoms with Gasteiger partial charge in [-0.2, -0.15) is 0 Å². The molecule has 0 fully saturated rings. The van der Waals surface area contributed by atoms with Crippen molar-refractivity contribution in [2.45, 2.75) is 5.16 Å². The van der Waals surface area contributed by atoms with Crippen LogP contribution < -0.4 is 0 Å². The lowest BCUT2D eigenvalue weighted by Gasteiger charge is -1.96. The molecule has 1 unspecified atom stereocenters. The van der Waals surface area contributed by atoms with Gasteiger partial charge in [-0.25, -0.2) is 4.98 Å². The molecule has 0 spiro atoms. The highest BCUT2D eigenvalue weighted by Crippen LogP contribution is 2.11. The van der Waals surface area contributed by atoms with Gasteiger partial charge in [0, 0.05) is 13.3 Å². The molecule has 56 valence electrons. The molecule has 10 heavy (non-hydrogen) atoms. The SMILES string of the molecule is Cn1c(Br)cnc1S(C)=O. The maximum atomic E-state index is 10.9. The van der Waals surface area contributed by atoms with Crippen molar-refractivity contribution in [3.63, 3.8) is 0 Å². The largest absolute Gasteiger partial charge is 0.315 e. The third kappa shape index (κ3) is 1.29. The van der Waals surface area contributed by atoms with Gasteiger partial charge >= 0.3 is 0 Å². The second kappa shape index (κ2) is 2.84. The molecule has 1 rings (SSSR count). The van der Waals surface area contributed by atoms with Gasteiger partial charge in [0.2, 0.25) is 0 Å². The Morgan fingerprint density at radius 1 is 1.80 bits per heavy atom. The Labute approximate surface area is 70.0 Å². The Balaban J connectivity index is 3.17. The summed E-state index contributed by atoms with van der Waals surface area (Å²) in [5, 5.41) is 0.590. The number of nitrogens with zero attached hydrogens (tertiary/aromatic N) is 2. The van der Waals surface area contributed by atoms with Gasteiger partial charge in [0.05, 0.1) is 17.0 Å². The van der Waals surface area contributed by atoms with Crippen LogP contribution in [0.25, 0.3) is 0 Å². The van der Waals surface area contributed by atoms with Gasteiger partial charge in [-0.15, -0.1) is 0 Å². The Bertz CT molecular complexity index is 271. The lowest BCUT2D eigenvalue weighted by molar-refractivity contribution is 0.667. The standard InChI is InChI=1S/C5H7BrN2OS/c1-8-4(6)3-7-5(8)10(2)9/h3H,1-2H3. The zero-order valence-electron chi connectivity index (χ0n) is 5.67. The van der Waals surface area contributed by atoms with Crippen molar-refractivity contribution < 1.29 is 4.21 Å². The molecule has 0 radical (unpaired) electrons. The third-order valence-corrected chi connectivity index (χ3v) is 2.78. The predicted molar refractivity (Wildman–Crippen MR) is 43.2 cm³/mol. The minimum Gasteiger partial charge on any atom is -0.315 e. The molecule has 0 N–H and O–H groups in total. The van der Waals surface area contributed by atoms with Gasteiger partial charge in [0.25, 0.3) is 0 Å². The molecule has 0 saturated heterocycles. The maximum Gasteiger partial charge on any atom is 0.199 e. The highest BCUT2D eigenvalue weighted by Gasteiger charge is 2.05. The lowest BCUT2D eigenvalue weighted by Crippen LogP contribution is -1.99. The zero-order valence-corrected chi connectivity index (χ0v) is 8.07. The lowest BCUT2D eigenvalue weighted by atomic mass is 10.9. The molecule has 3 nitrogen and oxygen atoms in total. The van der Waals surface area contributed by atoms with Crippen LogP contribution in [0.5, 0.6) is 0 Å². The van der Waals surface area contributed by atoms with E-state index in [1.54, 1.807) is 17.0 Å². The molecule has 0 aliphatic carbocycles. The smallest absolute Gasteiger partial charge is 0.199 e. The van der Waals surface area contributed by atoms with Gasteiger partial charge in [-0.3, -0.25) is 4.21 Å².